The summed E-state index contributed by atoms with van der Waals surface area (Å²) in [5.74, 6) is 0. The molecule has 0 fully saturated rings. The van der Waals surface area contributed by atoms with E-state index in [-0.39, 0.29) is 5.56 Å². The van der Waals surface area contributed by atoms with Crippen LogP contribution in [-0.2, 0) is 0 Å². The molecule has 5 heteroatoms. The Morgan fingerprint density at radius 2 is 2.06 bits per heavy atom. The molecule has 0 atom stereocenters. The zero-order chi connectivity index (χ0) is 11.8. The smallest absolute Gasteiger partial charge is 0.260 e. The van der Waals surface area contributed by atoms with Gasteiger partial charge in [0.15, 0.2) is 0 Å². The van der Waals surface area contributed by atoms with Crippen LogP contribution in [0.2, 0.25) is 5.02 Å². The van der Waals surface area contributed by atoms with Gasteiger partial charge in [0, 0.05) is 21.5 Å². The molecule has 0 aliphatic carbocycles. The first-order valence-electron chi connectivity index (χ1n) is 4.97. The average Bonchev–Trinajstić information content (AvgIpc) is 2.75. The fourth-order valence-electron chi connectivity index (χ4n) is 1.76. The number of hydrogen-bond donors (Lipinski definition) is 1. The third-order valence-corrected chi connectivity index (χ3v) is 3.76. The number of fused-ring (bicyclic) bond motifs is 1. The number of aromatic nitrogens is 2. The first kappa shape index (κ1) is 10.5. The Bertz CT molecular complexity index is 747. The minimum atomic E-state index is -0.133. The normalized spacial score (nSPS) is 10.9. The van der Waals surface area contributed by atoms with Crippen molar-refractivity contribution < 1.29 is 0 Å². The van der Waals surface area contributed by atoms with Gasteiger partial charge in [-0.05, 0) is 6.07 Å². The highest BCUT2D eigenvalue weighted by molar-refractivity contribution is 7.17. The van der Waals surface area contributed by atoms with Gasteiger partial charge in [0.2, 0.25) is 0 Å². The van der Waals surface area contributed by atoms with Crippen LogP contribution in [0.1, 0.15) is 0 Å². The number of thiophene rings is 1. The lowest BCUT2D eigenvalue weighted by Crippen LogP contribution is -2.05. The Hall–Kier alpha value is -1.65. The molecule has 0 radical (unpaired) electrons. The summed E-state index contributed by atoms with van der Waals surface area (Å²) < 4.78 is 0. The molecule has 0 spiro atoms. The summed E-state index contributed by atoms with van der Waals surface area (Å²) in [4.78, 5) is 19.3. The van der Waals surface area contributed by atoms with E-state index in [4.69, 9.17) is 11.6 Å². The highest BCUT2D eigenvalue weighted by atomic mass is 35.5. The van der Waals surface area contributed by atoms with Crippen molar-refractivity contribution in [2.75, 3.05) is 0 Å². The lowest BCUT2D eigenvalue weighted by Gasteiger charge is -2.01. The molecule has 1 N–H and O–H groups in total. The molecule has 0 saturated carbocycles. The van der Waals surface area contributed by atoms with Gasteiger partial charge in [-0.15, -0.1) is 11.3 Å². The molecule has 3 nitrogen and oxygen atoms in total. The van der Waals surface area contributed by atoms with Crippen LogP contribution in [0.3, 0.4) is 0 Å². The second-order valence-electron chi connectivity index (χ2n) is 3.54. The minimum Gasteiger partial charge on any atom is -0.313 e. The molecule has 3 aromatic rings. The first-order valence-corrected chi connectivity index (χ1v) is 6.23. The Balaban J connectivity index is 2.40. The molecule has 0 saturated heterocycles. The summed E-state index contributed by atoms with van der Waals surface area (Å²) >= 11 is 7.58. The Morgan fingerprint density at radius 3 is 2.88 bits per heavy atom. The molecule has 84 valence electrons. The lowest BCUT2D eigenvalue weighted by atomic mass is 10.1. The number of halogens is 1. The zero-order valence-electron chi connectivity index (χ0n) is 8.61. The molecular formula is C12H7ClN2OS. The zero-order valence-corrected chi connectivity index (χ0v) is 10.2. The van der Waals surface area contributed by atoms with Gasteiger partial charge in [-0.3, -0.25) is 4.79 Å². The second-order valence-corrected chi connectivity index (χ2v) is 4.81. The summed E-state index contributed by atoms with van der Waals surface area (Å²) in [5, 5.41) is 3.15. The van der Waals surface area contributed by atoms with Gasteiger partial charge in [0.05, 0.1) is 11.7 Å². The molecule has 0 unspecified atom stereocenters. The van der Waals surface area contributed by atoms with Gasteiger partial charge >= 0.3 is 0 Å². The first-order chi connectivity index (χ1) is 8.27. The van der Waals surface area contributed by atoms with Crippen LogP contribution in [0.25, 0.3) is 21.3 Å². The van der Waals surface area contributed by atoms with Crippen LogP contribution in [-0.4, -0.2) is 9.97 Å². The van der Waals surface area contributed by atoms with Gasteiger partial charge in [0.25, 0.3) is 5.56 Å². The summed E-state index contributed by atoms with van der Waals surface area (Å²) in [6.45, 7) is 0. The number of H-pyrrole nitrogens is 1. The quantitative estimate of drug-likeness (QED) is 0.731. The van der Waals surface area contributed by atoms with Crippen molar-refractivity contribution in [1.82, 2.24) is 9.97 Å². The number of hydrogen-bond acceptors (Lipinski definition) is 3. The maximum atomic E-state index is 11.8. The van der Waals surface area contributed by atoms with E-state index in [1.807, 2.05) is 29.6 Å². The molecule has 3 rings (SSSR count). The van der Waals surface area contributed by atoms with E-state index < -0.39 is 0 Å². The van der Waals surface area contributed by atoms with Crippen LogP contribution in [0.4, 0.5) is 0 Å². The van der Waals surface area contributed by atoms with E-state index in [9.17, 15) is 4.79 Å². The fraction of sp³-hybridized carbons (Fsp3) is 0. The van der Waals surface area contributed by atoms with Gasteiger partial charge in [-0.2, -0.15) is 0 Å². The fourth-order valence-corrected chi connectivity index (χ4v) is 2.91. The maximum absolute atomic E-state index is 11.8. The summed E-state index contributed by atoms with van der Waals surface area (Å²) in [6, 6.07) is 7.47. The Labute approximate surface area is 106 Å². The number of nitrogens with zero attached hydrogens (tertiary/aromatic N) is 1. The Kier molecular flexibility index (Phi) is 2.46. The second kappa shape index (κ2) is 3.98. The monoisotopic (exact) mass is 262 g/mol. The molecule has 17 heavy (non-hydrogen) atoms. The van der Waals surface area contributed by atoms with E-state index in [1.54, 1.807) is 0 Å². The predicted octanol–water partition coefficient (Wildman–Crippen LogP) is 3.31. The van der Waals surface area contributed by atoms with Crippen LogP contribution in [0, 0.1) is 0 Å². The molecular weight excluding hydrogens is 256 g/mol. The average molecular weight is 263 g/mol. The van der Waals surface area contributed by atoms with Crippen LogP contribution in [0.5, 0.6) is 0 Å². The van der Waals surface area contributed by atoms with Crippen molar-refractivity contribution in [3.8, 4) is 11.1 Å². The predicted molar refractivity (Wildman–Crippen MR) is 70.7 cm³/mol. The largest absolute Gasteiger partial charge is 0.313 e. The van der Waals surface area contributed by atoms with E-state index in [0.29, 0.717) is 10.4 Å². The van der Waals surface area contributed by atoms with Crippen LogP contribution >= 0.6 is 22.9 Å². The van der Waals surface area contributed by atoms with Crippen molar-refractivity contribution in [3.63, 3.8) is 0 Å². The van der Waals surface area contributed by atoms with Gasteiger partial charge in [-0.1, -0.05) is 29.8 Å². The molecule has 0 aliphatic heterocycles. The van der Waals surface area contributed by atoms with Crippen LogP contribution < -0.4 is 5.56 Å². The van der Waals surface area contributed by atoms with E-state index >= 15 is 0 Å². The molecule has 0 aliphatic rings. The van der Waals surface area contributed by atoms with E-state index in [1.165, 1.54) is 17.7 Å². The lowest BCUT2D eigenvalue weighted by molar-refractivity contribution is 1.18. The SMILES string of the molecule is O=c1[nH]cnc2scc(-c3ccccc3Cl)c12. The van der Waals surface area contributed by atoms with E-state index in [0.717, 1.165) is 16.0 Å². The topological polar surface area (TPSA) is 45.8 Å². The van der Waals surface area contributed by atoms with Crippen molar-refractivity contribution in [2.45, 2.75) is 0 Å². The molecule has 2 heterocycles. The van der Waals surface area contributed by atoms with Crippen molar-refractivity contribution in [1.29, 1.82) is 0 Å². The molecule has 1 aromatic carbocycles. The number of aromatic amines is 1. The van der Waals surface area contributed by atoms with Crippen molar-refractivity contribution >= 4 is 33.2 Å². The Morgan fingerprint density at radius 1 is 1.24 bits per heavy atom. The number of benzene rings is 1. The highest BCUT2D eigenvalue weighted by Crippen LogP contribution is 2.34. The molecule has 0 bridgehead atoms. The molecule has 2 aromatic heterocycles. The number of nitrogens with one attached hydrogen (secondary N) is 1. The third kappa shape index (κ3) is 1.66. The minimum absolute atomic E-state index is 0.133. The van der Waals surface area contributed by atoms with E-state index in [2.05, 4.69) is 9.97 Å². The molecule has 0 amide bonds. The van der Waals surface area contributed by atoms with Gasteiger partial charge in [0.1, 0.15) is 4.83 Å². The maximum Gasteiger partial charge on any atom is 0.260 e. The van der Waals surface area contributed by atoms with Gasteiger partial charge in [-0.25, -0.2) is 4.98 Å². The van der Waals surface area contributed by atoms with Crippen LogP contribution in [0.15, 0.2) is 40.8 Å². The standard InChI is InChI=1S/C12H7ClN2OS/c13-9-4-2-1-3-7(9)8-5-17-12-10(8)11(16)14-6-15-12/h1-6H,(H,14,15,16). The number of rotatable bonds is 1. The van der Waals surface area contributed by atoms with Gasteiger partial charge < -0.3 is 4.98 Å². The van der Waals surface area contributed by atoms with Crippen molar-refractivity contribution in [2.24, 2.45) is 0 Å². The summed E-state index contributed by atoms with van der Waals surface area (Å²) in [7, 11) is 0. The summed E-state index contributed by atoms with van der Waals surface area (Å²) in [6.07, 6.45) is 1.41. The third-order valence-electron chi connectivity index (χ3n) is 2.54. The van der Waals surface area contributed by atoms with Crippen molar-refractivity contribution in [3.05, 3.63) is 51.3 Å². The highest BCUT2D eigenvalue weighted by Gasteiger charge is 2.12. The summed E-state index contributed by atoms with van der Waals surface area (Å²) in [5.41, 5.74) is 1.56.